The first-order valence-corrected chi connectivity index (χ1v) is 11.5. The SMILES string of the molecule is Cc1sc2nc(CN3CCC(C)CC3)nc(Sc3nnnn3C(C)C)c2c1C. The predicted molar refractivity (Wildman–Crippen MR) is 113 cm³/mol. The molecule has 4 rings (SSSR count). The summed E-state index contributed by atoms with van der Waals surface area (Å²) in [4.78, 5) is 14.7. The van der Waals surface area contributed by atoms with E-state index in [1.807, 2.05) is 4.68 Å². The Kier molecular flexibility index (Phi) is 5.66. The molecule has 0 spiro atoms. The van der Waals surface area contributed by atoms with Gasteiger partial charge in [0.05, 0.1) is 12.6 Å². The van der Waals surface area contributed by atoms with E-state index in [4.69, 9.17) is 9.97 Å². The van der Waals surface area contributed by atoms with Crippen LogP contribution in [0.3, 0.4) is 0 Å². The van der Waals surface area contributed by atoms with Crippen LogP contribution in [-0.2, 0) is 6.54 Å². The zero-order chi connectivity index (χ0) is 19.8. The van der Waals surface area contributed by atoms with Gasteiger partial charge in [-0.1, -0.05) is 6.92 Å². The van der Waals surface area contributed by atoms with Gasteiger partial charge in [-0.2, -0.15) is 0 Å². The van der Waals surface area contributed by atoms with Crippen LogP contribution in [0.1, 0.15) is 55.9 Å². The van der Waals surface area contributed by atoms with Gasteiger partial charge in [0.2, 0.25) is 5.16 Å². The third kappa shape index (κ3) is 3.92. The molecule has 3 aromatic rings. The number of aromatic nitrogens is 6. The maximum atomic E-state index is 4.97. The van der Waals surface area contributed by atoms with Gasteiger partial charge < -0.3 is 0 Å². The van der Waals surface area contributed by atoms with Crippen molar-refractivity contribution < 1.29 is 0 Å². The van der Waals surface area contributed by atoms with Crippen LogP contribution in [-0.4, -0.2) is 48.2 Å². The number of hydrogen-bond donors (Lipinski definition) is 0. The normalized spacial score (nSPS) is 16.5. The number of thiophene rings is 1. The van der Waals surface area contributed by atoms with Gasteiger partial charge in [0, 0.05) is 10.3 Å². The molecule has 1 saturated heterocycles. The van der Waals surface area contributed by atoms with Crippen molar-refractivity contribution in [3.63, 3.8) is 0 Å². The minimum absolute atomic E-state index is 0.204. The maximum Gasteiger partial charge on any atom is 0.215 e. The lowest BCUT2D eigenvalue weighted by Crippen LogP contribution is -2.33. The van der Waals surface area contributed by atoms with Crippen LogP contribution in [0.25, 0.3) is 10.2 Å². The molecule has 0 saturated carbocycles. The molecular weight excluding hydrogens is 390 g/mol. The Balaban J connectivity index is 1.70. The summed E-state index contributed by atoms with van der Waals surface area (Å²) >= 11 is 3.30. The smallest absolute Gasteiger partial charge is 0.215 e. The van der Waals surface area contributed by atoms with Gasteiger partial charge in [-0.05, 0) is 87.3 Å². The number of fused-ring (bicyclic) bond motifs is 1. The summed E-state index contributed by atoms with van der Waals surface area (Å²) in [6.45, 7) is 13.9. The second-order valence-corrected chi connectivity index (χ2v) is 10.1. The Hall–Kier alpha value is -1.58. The van der Waals surface area contributed by atoms with Gasteiger partial charge in [-0.3, -0.25) is 4.90 Å². The molecule has 1 aliphatic heterocycles. The van der Waals surface area contributed by atoms with Crippen LogP contribution in [0, 0.1) is 19.8 Å². The van der Waals surface area contributed by atoms with Crippen LogP contribution < -0.4 is 0 Å². The van der Waals surface area contributed by atoms with Crippen molar-refractivity contribution in [2.45, 2.75) is 70.2 Å². The summed E-state index contributed by atoms with van der Waals surface area (Å²) in [5.41, 5.74) is 1.25. The molecule has 9 heteroatoms. The summed E-state index contributed by atoms with van der Waals surface area (Å²) in [6.07, 6.45) is 2.51. The van der Waals surface area contributed by atoms with Gasteiger partial charge >= 0.3 is 0 Å². The highest BCUT2D eigenvalue weighted by molar-refractivity contribution is 7.99. The fourth-order valence-electron chi connectivity index (χ4n) is 3.48. The Morgan fingerprint density at radius 2 is 1.93 bits per heavy atom. The zero-order valence-electron chi connectivity index (χ0n) is 17.1. The fourth-order valence-corrected chi connectivity index (χ4v) is 5.69. The molecule has 0 bridgehead atoms. The van der Waals surface area contributed by atoms with E-state index in [1.165, 1.54) is 23.3 Å². The van der Waals surface area contributed by atoms with E-state index < -0.39 is 0 Å². The average molecular weight is 418 g/mol. The standard InChI is InChI=1S/C19H27N7S2/c1-11(2)26-19(22-23-24-26)28-18-16-13(4)14(5)27-17(16)20-15(21-18)10-25-8-6-12(3)7-9-25/h11-12H,6-10H2,1-5H3. The molecule has 7 nitrogen and oxygen atoms in total. The first-order chi connectivity index (χ1) is 13.4. The third-order valence-electron chi connectivity index (χ3n) is 5.42. The Morgan fingerprint density at radius 1 is 1.18 bits per heavy atom. The van der Waals surface area contributed by atoms with Gasteiger partial charge in [0.25, 0.3) is 0 Å². The summed E-state index contributed by atoms with van der Waals surface area (Å²) < 4.78 is 1.85. The first kappa shape index (κ1) is 19.7. The molecule has 1 aliphatic rings. The monoisotopic (exact) mass is 417 g/mol. The van der Waals surface area contributed by atoms with Crippen LogP contribution >= 0.6 is 23.1 Å². The van der Waals surface area contributed by atoms with E-state index in [0.29, 0.717) is 0 Å². The lowest BCUT2D eigenvalue weighted by molar-refractivity contribution is 0.181. The molecule has 4 heterocycles. The number of nitrogens with zero attached hydrogens (tertiary/aromatic N) is 7. The molecule has 0 amide bonds. The molecule has 28 heavy (non-hydrogen) atoms. The van der Waals surface area contributed by atoms with Crippen molar-refractivity contribution in [3.8, 4) is 0 Å². The van der Waals surface area contributed by atoms with E-state index >= 15 is 0 Å². The Labute approximate surface area is 173 Å². The fraction of sp³-hybridized carbons (Fsp3) is 0.632. The zero-order valence-corrected chi connectivity index (χ0v) is 18.8. The molecule has 150 valence electrons. The highest BCUT2D eigenvalue weighted by Gasteiger charge is 2.21. The van der Waals surface area contributed by atoms with Gasteiger partial charge in [0.1, 0.15) is 15.7 Å². The highest BCUT2D eigenvalue weighted by atomic mass is 32.2. The van der Waals surface area contributed by atoms with Crippen molar-refractivity contribution in [3.05, 3.63) is 16.3 Å². The second kappa shape index (κ2) is 8.04. The van der Waals surface area contributed by atoms with Crippen molar-refractivity contribution in [2.24, 2.45) is 5.92 Å². The molecule has 0 atom stereocenters. The Bertz CT molecular complexity index is 970. The highest BCUT2D eigenvalue weighted by Crippen LogP contribution is 2.37. The molecule has 3 aromatic heterocycles. The van der Waals surface area contributed by atoms with Gasteiger partial charge in [-0.15, -0.1) is 16.4 Å². The molecule has 0 aliphatic carbocycles. The Morgan fingerprint density at radius 3 is 2.64 bits per heavy atom. The lowest BCUT2D eigenvalue weighted by atomic mass is 9.99. The summed E-state index contributed by atoms with van der Waals surface area (Å²) in [5.74, 6) is 1.72. The summed E-state index contributed by atoms with van der Waals surface area (Å²) in [5, 5.41) is 15.1. The largest absolute Gasteiger partial charge is 0.296 e. The molecular formula is C19H27N7S2. The van der Waals surface area contributed by atoms with Gasteiger partial charge in [-0.25, -0.2) is 14.6 Å². The molecule has 0 unspecified atom stereocenters. The number of tetrazole rings is 1. The number of aryl methyl sites for hydroxylation is 2. The third-order valence-corrected chi connectivity index (χ3v) is 7.46. The quantitative estimate of drug-likeness (QED) is 0.574. The van der Waals surface area contributed by atoms with Crippen LogP contribution in [0.5, 0.6) is 0 Å². The second-order valence-electron chi connectivity index (χ2n) is 7.97. The number of likely N-dealkylation sites (tertiary alicyclic amines) is 1. The molecule has 0 radical (unpaired) electrons. The molecule has 1 fully saturated rings. The van der Waals surface area contributed by atoms with E-state index in [9.17, 15) is 0 Å². The maximum absolute atomic E-state index is 4.97. The van der Waals surface area contributed by atoms with Crippen molar-refractivity contribution >= 4 is 33.3 Å². The molecule has 0 N–H and O–H groups in total. The topological polar surface area (TPSA) is 72.6 Å². The predicted octanol–water partition coefficient (Wildman–Crippen LogP) is 4.26. The van der Waals surface area contributed by atoms with Crippen molar-refractivity contribution in [2.75, 3.05) is 13.1 Å². The van der Waals surface area contributed by atoms with Crippen LogP contribution in [0.15, 0.2) is 10.2 Å². The van der Waals surface area contributed by atoms with Crippen LogP contribution in [0.4, 0.5) is 0 Å². The minimum atomic E-state index is 0.204. The summed E-state index contributed by atoms with van der Waals surface area (Å²) in [6, 6.07) is 0.204. The van der Waals surface area contributed by atoms with E-state index in [2.05, 4.69) is 55.0 Å². The van der Waals surface area contributed by atoms with Crippen molar-refractivity contribution in [1.82, 2.24) is 35.1 Å². The van der Waals surface area contributed by atoms with E-state index in [-0.39, 0.29) is 6.04 Å². The van der Waals surface area contributed by atoms with Crippen molar-refractivity contribution in [1.29, 1.82) is 0 Å². The number of piperidine rings is 1. The van der Waals surface area contributed by atoms with Crippen LogP contribution in [0.2, 0.25) is 0 Å². The number of hydrogen-bond acceptors (Lipinski definition) is 8. The molecule has 0 aromatic carbocycles. The van der Waals surface area contributed by atoms with E-state index in [1.54, 1.807) is 23.1 Å². The summed E-state index contributed by atoms with van der Waals surface area (Å²) in [7, 11) is 0. The number of rotatable bonds is 5. The van der Waals surface area contributed by atoms with Gasteiger partial charge in [0.15, 0.2) is 0 Å². The average Bonchev–Trinajstić information content (AvgIpc) is 3.22. The lowest BCUT2D eigenvalue weighted by Gasteiger charge is -2.29. The minimum Gasteiger partial charge on any atom is -0.296 e. The first-order valence-electron chi connectivity index (χ1n) is 9.87. The van der Waals surface area contributed by atoms with E-state index in [0.717, 1.165) is 51.8 Å².